The molecule has 1 amide bonds. The Morgan fingerprint density at radius 2 is 1.72 bits per heavy atom. The first-order valence-corrected chi connectivity index (χ1v) is 5.66. The van der Waals surface area contributed by atoms with Gasteiger partial charge in [-0.25, -0.2) is 0 Å². The van der Waals surface area contributed by atoms with Crippen LogP contribution in [-0.2, 0) is 6.54 Å². The van der Waals surface area contributed by atoms with Gasteiger partial charge in [0.2, 0.25) is 0 Å². The van der Waals surface area contributed by atoms with Crippen LogP contribution in [0, 0.1) is 0 Å². The summed E-state index contributed by atoms with van der Waals surface area (Å²) in [5.74, 6) is -0.200. The molecule has 0 atom stereocenters. The highest BCUT2D eigenvalue weighted by Crippen LogP contribution is 2.18. The summed E-state index contributed by atoms with van der Waals surface area (Å²) in [5, 5.41) is 2.78. The molecule has 0 unspecified atom stereocenters. The number of benzene rings is 2. The van der Waals surface area contributed by atoms with Crippen molar-refractivity contribution in [1.29, 1.82) is 0 Å². The van der Waals surface area contributed by atoms with E-state index in [9.17, 15) is 4.79 Å². The second-order valence-corrected chi connectivity index (χ2v) is 3.90. The molecule has 0 saturated carbocycles. The molecule has 0 bridgehead atoms. The van der Waals surface area contributed by atoms with Crippen LogP contribution in [0.2, 0.25) is 0 Å². The molecule has 0 spiro atoms. The normalized spacial score (nSPS) is 10.1. The van der Waals surface area contributed by atoms with Crippen molar-refractivity contribution < 1.29 is 4.79 Å². The van der Waals surface area contributed by atoms with Gasteiger partial charge in [-0.3, -0.25) is 4.79 Å². The number of para-hydroxylation sites is 2. The lowest BCUT2D eigenvalue weighted by molar-refractivity contribution is 0.102. The molecule has 2 rings (SSSR count). The minimum Gasteiger partial charge on any atom is -0.397 e. The summed E-state index contributed by atoms with van der Waals surface area (Å²) in [6.45, 7) is 0.327. The first-order chi connectivity index (χ1) is 8.72. The van der Waals surface area contributed by atoms with Gasteiger partial charge in [0.25, 0.3) is 5.91 Å². The number of hydrogen-bond donors (Lipinski definition) is 3. The number of hydrogen-bond acceptors (Lipinski definition) is 3. The first kappa shape index (κ1) is 12.1. The van der Waals surface area contributed by atoms with Crippen molar-refractivity contribution >= 4 is 17.3 Å². The highest BCUT2D eigenvalue weighted by Gasteiger charge is 2.10. The monoisotopic (exact) mass is 241 g/mol. The maximum Gasteiger partial charge on any atom is 0.256 e. The molecular weight excluding hydrogens is 226 g/mol. The maximum absolute atomic E-state index is 12.1. The Kier molecular flexibility index (Phi) is 3.60. The van der Waals surface area contributed by atoms with Crippen molar-refractivity contribution in [3.05, 3.63) is 59.7 Å². The van der Waals surface area contributed by atoms with Crippen LogP contribution in [0.25, 0.3) is 0 Å². The molecule has 5 N–H and O–H groups in total. The van der Waals surface area contributed by atoms with Crippen LogP contribution in [0.15, 0.2) is 48.5 Å². The zero-order valence-electron chi connectivity index (χ0n) is 9.89. The number of nitrogen functional groups attached to an aromatic ring is 1. The van der Waals surface area contributed by atoms with E-state index >= 15 is 0 Å². The molecular formula is C14H15N3O. The molecule has 0 fully saturated rings. The summed E-state index contributed by atoms with van der Waals surface area (Å²) in [6.07, 6.45) is 0. The number of nitrogens with one attached hydrogen (secondary N) is 1. The zero-order valence-corrected chi connectivity index (χ0v) is 9.89. The lowest BCUT2D eigenvalue weighted by atomic mass is 10.1. The minimum atomic E-state index is -0.200. The Morgan fingerprint density at radius 3 is 2.44 bits per heavy atom. The zero-order chi connectivity index (χ0) is 13.0. The smallest absolute Gasteiger partial charge is 0.256 e. The molecule has 2 aromatic rings. The number of rotatable bonds is 3. The van der Waals surface area contributed by atoms with E-state index in [0.29, 0.717) is 23.5 Å². The van der Waals surface area contributed by atoms with Gasteiger partial charge in [-0.15, -0.1) is 0 Å². The molecule has 2 aromatic carbocycles. The van der Waals surface area contributed by atoms with E-state index in [-0.39, 0.29) is 5.91 Å². The van der Waals surface area contributed by atoms with E-state index in [1.807, 2.05) is 30.3 Å². The van der Waals surface area contributed by atoms with Crippen molar-refractivity contribution in [3.63, 3.8) is 0 Å². The minimum absolute atomic E-state index is 0.200. The van der Waals surface area contributed by atoms with Gasteiger partial charge in [0.05, 0.1) is 11.4 Å². The summed E-state index contributed by atoms with van der Waals surface area (Å²) in [4.78, 5) is 12.1. The lowest BCUT2D eigenvalue weighted by Crippen LogP contribution is -2.16. The summed E-state index contributed by atoms with van der Waals surface area (Å²) in [5.41, 5.74) is 13.9. The SMILES string of the molecule is NCc1ccccc1C(=O)Nc1ccccc1N. The van der Waals surface area contributed by atoms with Crippen LogP contribution in [0.3, 0.4) is 0 Å². The summed E-state index contributed by atoms with van der Waals surface area (Å²) >= 11 is 0. The quantitative estimate of drug-likeness (QED) is 0.719. The van der Waals surface area contributed by atoms with Crippen molar-refractivity contribution in [2.45, 2.75) is 6.54 Å². The average Bonchev–Trinajstić information content (AvgIpc) is 2.41. The number of carbonyl (C=O) groups excluding carboxylic acids is 1. The Hall–Kier alpha value is -2.33. The molecule has 0 aromatic heterocycles. The third kappa shape index (κ3) is 2.49. The molecule has 0 heterocycles. The van der Waals surface area contributed by atoms with Gasteiger partial charge in [0.15, 0.2) is 0 Å². The van der Waals surface area contributed by atoms with Crippen LogP contribution < -0.4 is 16.8 Å². The Balaban J connectivity index is 2.25. The number of nitrogens with two attached hydrogens (primary N) is 2. The molecule has 18 heavy (non-hydrogen) atoms. The number of anilines is 2. The molecule has 0 aliphatic heterocycles. The summed E-state index contributed by atoms with van der Waals surface area (Å²) in [6, 6.07) is 14.4. The fourth-order valence-electron chi connectivity index (χ4n) is 1.72. The van der Waals surface area contributed by atoms with Gasteiger partial charge in [0, 0.05) is 12.1 Å². The Morgan fingerprint density at radius 1 is 1.06 bits per heavy atom. The van der Waals surface area contributed by atoms with Crippen LogP contribution in [-0.4, -0.2) is 5.91 Å². The molecule has 92 valence electrons. The number of amides is 1. The fourth-order valence-corrected chi connectivity index (χ4v) is 1.72. The second kappa shape index (κ2) is 5.33. The van der Waals surface area contributed by atoms with Crippen LogP contribution in [0.4, 0.5) is 11.4 Å². The van der Waals surface area contributed by atoms with Gasteiger partial charge >= 0.3 is 0 Å². The van der Waals surface area contributed by atoms with E-state index in [1.54, 1.807) is 18.2 Å². The second-order valence-electron chi connectivity index (χ2n) is 3.90. The van der Waals surface area contributed by atoms with E-state index < -0.39 is 0 Å². The molecule has 0 aliphatic carbocycles. The summed E-state index contributed by atoms with van der Waals surface area (Å²) < 4.78 is 0. The highest BCUT2D eigenvalue weighted by atomic mass is 16.1. The molecule has 0 radical (unpaired) electrons. The fraction of sp³-hybridized carbons (Fsp3) is 0.0714. The predicted molar refractivity (Wildman–Crippen MR) is 73.1 cm³/mol. The van der Waals surface area contributed by atoms with E-state index in [2.05, 4.69) is 5.32 Å². The van der Waals surface area contributed by atoms with Gasteiger partial charge in [-0.05, 0) is 23.8 Å². The summed E-state index contributed by atoms with van der Waals surface area (Å²) in [7, 11) is 0. The van der Waals surface area contributed by atoms with E-state index in [0.717, 1.165) is 5.56 Å². The average molecular weight is 241 g/mol. The molecule has 0 saturated heterocycles. The van der Waals surface area contributed by atoms with Gasteiger partial charge < -0.3 is 16.8 Å². The molecule has 4 nitrogen and oxygen atoms in total. The Bertz CT molecular complexity index is 566. The predicted octanol–water partition coefficient (Wildman–Crippen LogP) is 1.98. The molecule has 4 heteroatoms. The van der Waals surface area contributed by atoms with Crippen molar-refractivity contribution in [3.8, 4) is 0 Å². The van der Waals surface area contributed by atoms with Gasteiger partial charge in [-0.1, -0.05) is 30.3 Å². The van der Waals surface area contributed by atoms with Gasteiger partial charge in [0.1, 0.15) is 0 Å². The van der Waals surface area contributed by atoms with E-state index in [1.165, 1.54) is 0 Å². The largest absolute Gasteiger partial charge is 0.397 e. The standard InChI is InChI=1S/C14H15N3O/c15-9-10-5-1-2-6-11(10)14(18)17-13-8-4-3-7-12(13)16/h1-8H,9,15-16H2,(H,17,18). The third-order valence-electron chi connectivity index (χ3n) is 2.69. The molecule has 0 aliphatic rings. The highest BCUT2D eigenvalue weighted by molar-refractivity contribution is 6.06. The van der Waals surface area contributed by atoms with Crippen molar-refractivity contribution in [2.24, 2.45) is 5.73 Å². The van der Waals surface area contributed by atoms with Crippen molar-refractivity contribution in [2.75, 3.05) is 11.1 Å². The topological polar surface area (TPSA) is 81.1 Å². The lowest BCUT2D eigenvalue weighted by Gasteiger charge is -2.10. The van der Waals surface area contributed by atoms with Gasteiger partial charge in [-0.2, -0.15) is 0 Å². The Labute approximate surface area is 106 Å². The van der Waals surface area contributed by atoms with Crippen LogP contribution in [0.1, 0.15) is 15.9 Å². The van der Waals surface area contributed by atoms with Crippen LogP contribution >= 0.6 is 0 Å². The third-order valence-corrected chi connectivity index (χ3v) is 2.69. The number of carbonyl (C=O) groups is 1. The van der Waals surface area contributed by atoms with E-state index in [4.69, 9.17) is 11.5 Å². The first-order valence-electron chi connectivity index (χ1n) is 5.66. The van der Waals surface area contributed by atoms with Crippen LogP contribution in [0.5, 0.6) is 0 Å². The maximum atomic E-state index is 12.1. The van der Waals surface area contributed by atoms with Crippen molar-refractivity contribution in [1.82, 2.24) is 0 Å².